The Balaban J connectivity index is 0.00000400. The molecule has 0 bridgehead atoms. The first-order valence-corrected chi connectivity index (χ1v) is 6.39. The van der Waals surface area contributed by atoms with Gasteiger partial charge in [0, 0.05) is 0 Å². The average Bonchev–Trinajstić information content (AvgIpc) is 2.64. The van der Waals surface area contributed by atoms with Crippen molar-refractivity contribution in [1.82, 2.24) is 10.2 Å². The summed E-state index contributed by atoms with van der Waals surface area (Å²) >= 11 is 0. The number of amides is 3. The predicted molar refractivity (Wildman–Crippen MR) is 75.6 cm³/mol. The molecule has 0 spiro atoms. The zero-order valence-electron chi connectivity index (χ0n) is 11.9. The molecule has 21 heavy (non-hydrogen) atoms. The summed E-state index contributed by atoms with van der Waals surface area (Å²) in [6, 6.07) is -1.79. The van der Waals surface area contributed by atoms with Crippen LogP contribution in [0.4, 0.5) is 0 Å². The Morgan fingerprint density at radius 3 is 2.52 bits per heavy atom. The van der Waals surface area contributed by atoms with E-state index in [2.05, 4.69) is 5.32 Å². The standard InChI is InChI=1S/C12H19N3O5.ClH/c1-3-6(2)10(13)11(19)14-7-4-8(16)15(12(7)20)5-9(17)18;/h6-7,10H,3-5,13H2,1-2H3,(H,14,19)(H,17,18);1H/t6-,7+,10+;/m1./s1. The van der Waals surface area contributed by atoms with Gasteiger partial charge >= 0.3 is 5.97 Å². The van der Waals surface area contributed by atoms with E-state index in [1.54, 1.807) is 0 Å². The van der Waals surface area contributed by atoms with Gasteiger partial charge in [-0.2, -0.15) is 0 Å². The van der Waals surface area contributed by atoms with Gasteiger partial charge in [-0.1, -0.05) is 20.3 Å². The van der Waals surface area contributed by atoms with Gasteiger partial charge in [-0.05, 0) is 5.92 Å². The molecule has 9 heteroatoms. The Kier molecular flexibility index (Phi) is 7.31. The Labute approximate surface area is 128 Å². The maximum atomic E-state index is 11.8. The van der Waals surface area contributed by atoms with Gasteiger partial charge in [0.1, 0.15) is 12.6 Å². The third-order valence-electron chi connectivity index (χ3n) is 3.41. The zero-order valence-corrected chi connectivity index (χ0v) is 12.7. The molecule has 1 aliphatic heterocycles. The Morgan fingerprint density at radius 2 is 2.05 bits per heavy atom. The van der Waals surface area contributed by atoms with Crippen LogP contribution in [0.3, 0.4) is 0 Å². The molecular weight excluding hydrogens is 302 g/mol. The number of nitrogens with zero attached hydrogens (tertiary/aromatic N) is 1. The minimum Gasteiger partial charge on any atom is -0.480 e. The molecular formula is C12H20ClN3O5. The van der Waals surface area contributed by atoms with Crippen molar-refractivity contribution < 1.29 is 24.3 Å². The second-order valence-electron chi connectivity index (χ2n) is 4.89. The van der Waals surface area contributed by atoms with Crippen LogP contribution < -0.4 is 11.1 Å². The van der Waals surface area contributed by atoms with Crippen LogP contribution in [0, 0.1) is 5.92 Å². The quantitative estimate of drug-likeness (QED) is 0.544. The van der Waals surface area contributed by atoms with Gasteiger partial charge in [-0.25, -0.2) is 0 Å². The molecule has 1 rings (SSSR count). The first kappa shape index (κ1) is 19.3. The van der Waals surface area contributed by atoms with Crippen LogP contribution in [0.2, 0.25) is 0 Å². The molecule has 1 saturated heterocycles. The molecule has 4 N–H and O–H groups in total. The van der Waals surface area contributed by atoms with Gasteiger partial charge in [-0.15, -0.1) is 12.4 Å². The van der Waals surface area contributed by atoms with Crippen LogP contribution in [0.1, 0.15) is 26.7 Å². The summed E-state index contributed by atoms with van der Waals surface area (Å²) in [4.78, 5) is 46.4. The Morgan fingerprint density at radius 1 is 1.48 bits per heavy atom. The molecule has 0 aliphatic carbocycles. The average molecular weight is 322 g/mol. The number of halogens is 1. The highest BCUT2D eigenvalue weighted by atomic mass is 35.5. The summed E-state index contributed by atoms with van der Waals surface area (Å²) in [5.74, 6) is -3.17. The summed E-state index contributed by atoms with van der Waals surface area (Å²) in [6.45, 7) is 3.00. The largest absolute Gasteiger partial charge is 0.480 e. The van der Waals surface area contributed by atoms with Crippen LogP contribution >= 0.6 is 12.4 Å². The van der Waals surface area contributed by atoms with Crippen molar-refractivity contribution in [1.29, 1.82) is 0 Å². The van der Waals surface area contributed by atoms with Crippen molar-refractivity contribution in [3.63, 3.8) is 0 Å². The number of likely N-dealkylation sites (tertiary alicyclic amines) is 1. The lowest BCUT2D eigenvalue weighted by molar-refractivity contribution is -0.148. The number of carbonyl (C=O) groups is 4. The van der Waals surface area contributed by atoms with E-state index in [1.807, 2.05) is 13.8 Å². The number of carboxylic acid groups (broad SMARTS) is 1. The third-order valence-corrected chi connectivity index (χ3v) is 3.41. The normalized spacial score (nSPS) is 20.7. The van der Waals surface area contributed by atoms with E-state index < -0.39 is 42.3 Å². The van der Waals surface area contributed by atoms with E-state index in [0.717, 1.165) is 0 Å². The van der Waals surface area contributed by atoms with Gasteiger partial charge in [-0.3, -0.25) is 24.1 Å². The number of hydrogen-bond acceptors (Lipinski definition) is 5. The Bertz CT molecular complexity index is 443. The van der Waals surface area contributed by atoms with Gasteiger partial charge < -0.3 is 16.2 Å². The summed E-state index contributed by atoms with van der Waals surface area (Å²) in [6.07, 6.45) is 0.475. The second kappa shape index (κ2) is 7.94. The fourth-order valence-corrected chi connectivity index (χ4v) is 1.88. The van der Waals surface area contributed by atoms with Gasteiger partial charge in [0.25, 0.3) is 5.91 Å². The number of imide groups is 1. The van der Waals surface area contributed by atoms with Crippen molar-refractivity contribution in [3.05, 3.63) is 0 Å². The topological polar surface area (TPSA) is 130 Å². The molecule has 3 amide bonds. The van der Waals surface area contributed by atoms with Crippen molar-refractivity contribution in [3.8, 4) is 0 Å². The van der Waals surface area contributed by atoms with Crippen molar-refractivity contribution in [2.45, 2.75) is 38.8 Å². The monoisotopic (exact) mass is 321 g/mol. The van der Waals surface area contributed by atoms with Crippen LogP contribution in [0.25, 0.3) is 0 Å². The highest BCUT2D eigenvalue weighted by molar-refractivity contribution is 6.08. The molecule has 1 aliphatic rings. The number of aliphatic carboxylic acids is 1. The van der Waals surface area contributed by atoms with E-state index in [9.17, 15) is 19.2 Å². The number of nitrogens with one attached hydrogen (secondary N) is 1. The number of carboxylic acids is 1. The second-order valence-corrected chi connectivity index (χ2v) is 4.89. The van der Waals surface area contributed by atoms with E-state index in [0.29, 0.717) is 11.3 Å². The minimum absolute atomic E-state index is 0. The molecule has 1 fully saturated rings. The minimum atomic E-state index is -1.28. The van der Waals surface area contributed by atoms with Crippen molar-refractivity contribution in [2.24, 2.45) is 11.7 Å². The summed E-state index contributed by atoms with van der Waals surface area (Å²) in [7, 11) is 0. The molecule has 0 aromatic heterocycles. The molecule has 0 unspecified atom stereocenters. The third kappa shape index (κ3) is 4.68. The number of hydrogen-bond donors (Lipinski definition) is 3. The lowest BCUT2D eigenvalue weighted by Crippen LogP contribution is -2.50. The van der Waals surface area contributed by atoms with Crippen molar-refractivity contribution >= 4 is 36.1 Å². The predicted octanol–water partition coefficient (Wildman–Crippen LogP) is -0.890. The van der Waals surface area contributed by atoms with Gasteiger partial charge in [0.15, 0.2) is 0 Å². The molecule has 0 saturated carbocycles. The van der Waals surface area contributed by atoms with E-state index >= 15 is 0 Å². The zero-order chi connectivity index (χ0) is 15.4. The smallest absolute Gasteiger partial charge is 0.323 e. The van der Waals surface area contributed by atoms with Gasteiger partial charge in [0.05, 0.1) is 12.5 Å². The lowest BCUT2D eigenvalue weighted by atomic mass is 9.99. The summed E-state index contributed by atoms with van der Waals surface area (Å²) < 4.78 is 0. The highest BCUT2D eigenvalue weighted by Crippen LogP contribution is 2.14. The number of nitrogens with two attached hydrogens (primary N) is 1. The maximum Gasteiger partial charge on any atom is 0.323 e. The fraction of sp³-hybridized carbons (Fsp3) is 0.667. The van der Waals surface area contributed by atoms with Crippen LogP contribution in [-0.4, -0.2) is 52.3 Å². The molecule has 0 aromatic rings. The van der Waals surface area contributed by atoms with Crippen LogP contribution in [0.15, 0.2) is 0 Å². The first-order valence-electron chi connectivity index (χ1n) is 6.39. The van der Waals surface area contributed by atoms with Gasteiger partial charge in [0.2, 0.25) is 11.8 Å². The summed E-state index contributed by atoms with van der Waals surface area (Å²) in [5.41, 5.74) is 5.73. The van der Waals surface area contributed by atoms with E-state index in [4.69, 9.17) is 10.8 Å². The highest BCUT2D eigenvalue weighted by Gasteiger charge is 2.41. The Hall–Kier alpha value is -1.67. The van der Waals surface area contributed by atoms with Crippen LogP contribution in [-0.2, 0) is 19.2 Å². The summed E-state index contributed by atoms with van der Waals surface area (Å²) in [5, 5.41) is 11.0. The molecule has 0 radical (unpaired) electrons. The van der Waals surface area contributed by atoms with Crippen LogP contribution in [0.5, 0.6) is 0 Å². The maximum absolute atomic E-state index is 11.8. The fourth-order valence-electron chi connectivity index (χ4n) is 1.88. The van der Waals surface area contributed by atoms with E-state index in [1.165, 1.54) is 0 Å². The van der Waals surface area contributed by atoms with Crippen molar-refractivity contribution in [2.75, 3.05) is 6.54 Å². The first-order chi connectivity index (χ1) is 9.27. The lowest BCUT2D eigenvalue weighted by Gasteiger charge is -2.20. The molecule has 120 valence electrons. The molecule has 1 heterocycles. The SMILES string of the molecule is CC[C@@H](C)[C@H](N)C(=O)N[C@H]1CC(=O)N(CC(=O)O)C1=O.Cl. The molecule has 3 atom stereocenters. The molecule has 8 nitrogen and oxygen atoms in total. The van der Waals surface area contributed by atoms with E-state index in [-0.39, 0.29) is 24.7 Å². The number of rotatable bonds is 6. The number of carbonyl (C=O) groups excluding carboxylic acids is 3. The molecule has 0 aromatic carbocycles.